The zero-order valence-electron chi connectivity index (χ0n) is 18.4. The van der Waals surface area contributed by atoms with Crippen LogP contribution in [-0.2, 0) is 10.7 Å². The van der Waals surface area contributed by atoms with Crippen molar-refractivity contribution in [3.05, 3.63) is 92.4 Å². The lowest BCUT2D eigenvalue weighted by molar-refractivity contribution is -0.117. The summed E-state index contributed by atoms with van der Waals surface area (Å²) >= 11 is 31.1. The quantitative estimate of drug-likeness (QED) is 0.282. The summed E-state index contributed by atoms with van der Waals surface area (Å²) in [4.78, 5) is 25.6. The number of anilines is 2. The third kappa shape index (κ3) is 5.74. The van der Waals surface area contributed by atoms with E-state index in [0.717, 1.165) is 6.92 Å². The van der Waals surface area contributed by atoms with E-state index < -0.39 is 33.9 Å². The molecule has 1 fully saturated rings. The number of alkyl halides is 4. The molecule has 3 aromatic rings. The van der Waals surface area contributed by atoms with Crippen molar-refractivity contribution >= 4 is 81.2 Å². The number of rotatable bonds is 6. The van der Waals surface area contributed by atoms with Crippen molar-refractivity contribution in [2.45, 2.75) is 23.1 Å². The number of carbonyl (C=O) groups is 2. The number of hydrogen-bond acceptors (Lipinski definition) is 2. The van der Waals surface area contributed by atoms with Crippen molar-refractivity contribution in [3.63, 3.8) is 0 Å². The van der Waals surface area contributed by atoms with Crippen molar-refractivity contribution in [1.29, 1.82) is 0 Å². The molecule has 1 aliphatic rings. The minimum atomic E-state index is -3.02. The fraction of sp³-hybridized carbons (Fsp3) is 0.200. The number of halogens is 7. The molecule has 4 nitrogen and oxygen atoms in total. The van der Waals surface area contributed by atoms with Gasteiger partial charge in [0.25, 0.3) is 11.8 Å². The molecule has 4 rings (SSSR count). The molecule has 188 valence electrons. The average Bonchev–Trinajstić information content (AvgIpc) is 3.37. The van der Waals surface area contributed by atoms with E-state index in [0.29, 0.717) is 21.3 Å². The Morgan fingerprint density at radius 2 is 1.50 bits per heavy atom. The van der Waals surface area contributed by atoms with Crippen LogP contribution >= 0.6 is 58.0 Å². The van der Waals surface area contributed by atoms with Gasteiger partial charge in [-0.25, -0.2) is 8.78 Å². The number of carbonyl (C=O) groups excluding carboxylic acids is 2. The van der Waals surface area contributed by atoms with Gasteiger partial charge in [0.1, 0.15) is 4.33 Å². The predicted molar refractivity (Wildman–Crippen MR) is 141 cm³/mol. The summed E-state index contributed by atoms with van der Waals surface area (Å²) in [7, 11) is 0. The van der Waals surface area contributed by atoms with Gasteiger partial charge in [0.2, 0.25) is 5.91 Å². The highest BCUT2D eigenvalue weighted by molar-refractivity contribution is 6.53. The van der Waals surface area contributed by atoms with Crippen LogP contribution in [0, 0.1) is 5.92 Å². The molecule has 11 heteroatoms. The van der Waals surface area contributed by atoms with Crippen LogP contribution in [0.1, 0.15) is 34.3 Å². The molecule has 2 amide bonds. The highest BCUT2D eigenvalue weighted by atomic mass is 35.5. The number of amides is 2. The maximum atomic E-state index is 13.4. The molecule has 3 aromatic carbocycles. The summed E-state index contributed by atoms with van der Waals surface area (Å²) in [6.45, 7) is 0.772. The van der Waals surface area contributed by atoms with E-state index in [4.69, 9.17) is 58.0 Å². The molecule has 0 aromatic heterocycles. The van der Waals surface area contributed by atoms with Crippen LogP contribution in [0.4, 0.5) is 20.2 Å². The molecule has 36 heavy (non-hydrogen) atoms. The summed E-state index contributed by atoms with van der Waals surface area (Å²) in [5, 5.41) is 6.33. The first-order chi connectivity index (χ1) is 16.8. The Morgan fingerprint density at radius 1 is 0.889 bits per heavy atom. The van der Waals surface area contributed by atoms with Gasteiger partial charge in [0.15, 0.2) is 0 Å². The predicted octanol–water partition coefficient (Wildman–Crippen LogP) is 8.54. The van der Waals surface area contributed by atoms with Crippen LogP contribution in [0.15, 0.2) is 60.7 Å². The monoisotopic (exact) mass is 590 g/mol. The van der Waals surface area contributed by atoms with Crippen LogP contribution < -0.4 is 10.6 Å². The Labute approximate surface area is 230 Å². The van der Waals surface area contributed by atoms with E-state index >= 15 is 0 Å². The molecule has 0 spiro atoms. The lowest BCUT2D eigenvalue weighted by Gasteiger charge is -2.13. The number of benzene rings is 3. The van der Waals surface area contributed by atoms with Gasteiger partial charge < -0.3 is 10.6 Å². The van der Waals surface area contributed by atoms with E-state index in [2.05, 4.69) is 10.6 Å². The first-order valence-corrected chi connectivity index (χ1v) is 12.4. The first-order valence-electron chi connectivity index (χ1n) is 10.5. The highest BCUT2D eigenvalue weighted by Crippen LogP contribution is 2.65. The van der Waals surface area contributed by atoms with Gasteiger partial charge in [-0.1, -0.05) is 46.9 Å². The summed E-state index contributed by atoms with van der Waals surface area (Å²) in [6.07, 6.45) is 0. The molecule has 2 N–H and O–H groups in total. The molecule has 2 atom stereocenters. The van der Waals surface area contributed by atoms with Crippen LogP contribution in [0.5, 0.6) is 0 Å². The van der Waals surface area contributed by atoms with Gasteiger partial charge in [-0.2, -0.15) is 0 Å². The van der Waals surface area contributed by atoms with Crippen molar-refractivity contribution in [2.24, 2.45) is 5.92 Å². The van der Waals surface area contributed by atoms with Gasteiger partial charge in [-0.15, -0.1) is 23.2 Å². The summed E-state index contributed by atoms with van der Waals surface area (Å²) in [6, 6.07) is 14.3. The molecule has 0 aliphatic heterocycles. The fourth-order valence-corrected chi connectivity index (χ4v) is 5.39. The smallest absolute Gasteiger partial charge is 0.270 e. The van der Waals surface area contributed by atoms with Gasteiger partial charge in [-0.05, 0) is 54.1 Å². The van der Waals surface area contributed by atoms with E-state index in [-0.39, 0.29) is 21.8 Å². The topological polar surface area (TPSA) is 58.2 Å². The van der Waals surface area contributed by atoms with E-state index in [1.165, 1.54) is 36.4 Å². The second-order valence-electron chi connectivity index (χ2n) is 8.44. The second kappa shape index (κ2) is 9.99. The van der Waals surface area contributed by atoms with Crippen LogP contribution in [0.2, 0.25) is 15.1 Å². The van der Waals surface area contributed by atoms with Crippen LogP contribution in [0.25, 0.3) is 0 Å². The standard InChI is InChI=1S/C25H17Cl5F2N2O2/c1-24(31,32)14-4-2-12(3-5-14)22(35)34-19-11-17(6-7-18(19)28)33-23(36)21-20(25(21,29)30)13-8-15(26)10-16(27)9-13/h2-11,20-21H,1H3,(H,33,36)(H,34,35). The lowest BCUT2D eigenvalue weighted by atomic mass is 10.1. The minimum Gasteiger partial charge on any atom is -0.326 e. The third-order valence-electron chi connectivity index (χ3n) is 5.72. The zero-order chi connectivity index (χ0) is 26.4. The fourth-order valence-electron chi connectivity index (χ4n) is 3.85. The van der Waals surface area contributed by atoms with Crippen molar-refractivity contribution in [2.75, 3.05) is 10.6 Å². The van der Waals surface area contributed by atoms with E-state index in [9.17, 15) is 18.4 Å². The minimum absolute atomic E-state index is 0.156. The highest BCUT2D eigenvalue weighted by Gasteiger charge is 2.67. The van der Waals surface area contributed by atoms with Gasteiger partial charge in [-0.3, -0.25) is 9.59 Å². The first kappa shape index (κ1) is 27.0. The van der Waals surface area contributed by atoms with Gasteiger partial charge in [0, 0.05) is 39.7 Å². The Balaban J connectivity index is 1.47. The van der Waals surface area contributed by atoms with Crippen LogP contribution in [0.3, 0.4) is 0 Å². The Morgan fingerprint density at radius 3 is 2.08 bits per heavy atom. The summed E-state index contributed by atoms with van der Waals surface area (Å²) in [5.74, 6) is -5.33. The molecule has 1 saturated carbocycles. The van der Waals surface area contributed by atoms with Gasteiger partial charge >= 0.3 is 0 Å². The largest absolute Gasteiger partial charge is 0.326 e. The van der Waals surface area contributed by atoms with Crippen LogP contribution in [-0.4, -0.2) is 16.1 Å². The number of hydrogen-bond donors (Lipinski definition) is 2. The Bertz CT molecular complexity index is 1320. The van der Waals surface area contributed by atoms with E-state index in [1.54, 1.807) is 24.3 Å². The third-order valence-corrected chi connectivity index (χ3v) is 7.42. The van der Waals surface area contributed by atoms with Crippen molar-refractivity contribution in [3.8, 4) is 0 Å². The van der Waals surface area contributed by atoms with Crippen molar-refractivity contribution in [1.82, 2.24) is 0 Å². The maximum absolute atomic E-state index is 13.4. The zero-order valence-corrected chi connectivity index (χ0v) is 22.2. The molecule has 1 aliphatic carbocycles. The molecule has 0 saturated heterocycles. The summed E-state index contributed by atoms with van der Waals surface area (Å²) in [5.41, 5.74) is 1.12. The molecular formula is C25H17Cl5F2N2O2. The molecule has 0 radical (unpaired) electrons. The lowest BCUT2D eigenvalue weighted by Crippen LogP contribution is -2.18. The van der Waals surface area contributed by atoms with E-state index in [1.807, 2.05) is 0 Å². The molecule has 0 heterocycles. The molecule has 2 unspecified atom stereocenters. The van der Waals surface area contributed by atoms with Gasteiger partial charge in [0.05, 0.1) is 16.6 Å². The normalized spacial score (nSPS) is 18.4. The molecule has 0 bridgehead atoms. The van der Waals surface area contributed by atoms with Crippen molar-refractivity contribution < 1.29 is 18.4 Å². The number of nitrogens with one attached hydrogen (secondary N) is 2. The Hall–Kier alpha value is -2.09. The maximum Gasteiger partial charge on any atom is 0.270 e. The summed E-state index contributed by atoms with van der Waals surface area (Å²) < 4.78 is 25.5. The Kier molecular flexibility index (Phi) is 7.48. The average molecular weight is 593 g/mol. The molecular weight excluding hydrogens is 576 g/mol. The second-order valence-corrected chi connectivity index (χ2v) is 11.2. The SMILES string of the molecule is CC(F)(F)c1ccc(C(=O)Nc2cc(NC(=O)C3C(c4cc(Cl)cc(Cl)c4)C3(Cl)Cl)ccc2Cl)cc1.